The van der Waals surface area contributed by atoms with Crippen molar-refractivity contribution in [3.63, 3.8) is 0 Å². The minimum Gasteiger partial charge on any atom is -0.612 e. The third-order valence-electron chi connectivity index (χ3n) is 2.15. The predicted octanol–water partition coefficient (Wildman–Crippen LogP) is 4.43. The van der Waals surface area contributed by atoms with E-state index >= 15 is 0 Å². The van der Waals surface area contributed by atoms with Gasteiger partial charge in [-0.15, -0.1) is 11.3 Å². The van der Waals surface area contributed by atoms with Crippen LogP contribution in [-0.2, 0) is 16.9 Å². The lowest BCUT2D eigenvalue weighted by Crippen LogP contribution is -1.99. The van der Waals surface area contributed by atoms with Crippen LogP contribution in [0.25, 0.3) is 6.08 Å². The zero-order valence-corrected chi connectivity index (χ0v) is 12.2. The van der Waals surface area contributed by atoms with Gasteiger partial charge < -0.3 is 4.55 Å². The average Bonchev–Trinajstić information content (AvgIpc) is 2.83. The first-order valence-corrected chi connectivity index (χ1v) is 8.13. The molecule has 17 heavy (non-hydrogen) atoms. The highest BCUT2D eigenvalue weighted by Gasteiger charge is 2.03. The quantitative estimate of drug-likeness (QED) is 0.762. The highest BCUT2D eigenvalue weighted by Crippen LogP contribution is 2.15. The van der Waals surface area contributed by atoms with E-state index in [1.54, 1.807) is 16.7 Å². The van der Waals surface area contributed by atoms with Crippen LogP contribution < -0.4 is 0 Å². The third-order valence-corrected chi connectivity index (χ3v) is 4.57. The van der Waals surface area contributed by atoms with Gasteiger partial charge in [0.25, 0.3) is 0 Å². The van der Waals surface area contributed by atoms with Crippen LogP contribution in [0.1, 0.15) is 10.4 Å². The molecule has 0 spiro atoms. The zero-order valence-electron chi connectivity index (χ0n) is 9.01. The molecular formula is C13H11BrOS2. The van der Waals surface area contributed by atoms with E-state index in [2.05, 4.69) is 15.9 Å². The molecule has 0 N–H and O–H groups in total. The minimum atomic E-state index is -0.951. The summed E-state index contributed by atoms with van der Waals surface area (Å²) in [5.74, 6) is 0.565. The molecule has 1 aromatic heterocycles. The van der Waals surface area contributed by atoms with Crippen LogP contribution in [0.15, 0.2) is 51.7 Å². The largest absolute Gasteiger partial charge is 0.612 e. The summed E-state index contributed by atoms with van der Waals surface area (Å²) in [5, 5.41) is 3.77. The van der Waals surface area contributed by atoms with Gasteiger partial charge in [0.05, 0.1) is 0 Å². The van der Waals surface area contributed by atoms with Crippen molar-refractivity contribution in [2.45, 2.75) is 5.75 Å². The zero-order chi connectivity index (χ0) is 12.1. The van der Waals surface area contributed by atoms with Crippen molar-refractivity contribution >= 4 is 44.5 Å². The molecule has 0 fully saturated rings. The van der Waals surface area contributed by atoms with Gasteiger partial charge in [0.15, 0.2) is 0 Å². The van der Waals surface area contributed by atoms with Crippen molar-refractivity contribution in [3.05, 3.63) is 62.1 Å². The van der Waals surface area contributed by atoms with Gasteiger partial charge in [-0.3, -0.25) is 0 Å². The molecule has 4 heteroatoms. The van der Waals surface area contributed by atoms with E-state index in [-0.39, 0.29) is 0 Å². The maximum Gasteiger partial charge on any atom is 0.135 e. The van der Waals surface area contributed by atoms with Gasteiger partial charge in [0, 0.05) is 21.0 Å². The Balaban J connectivity index is 1.93. The fraction of sp³-hybridized carbons (Fsp3) is 0.0769. The summed E-state index contributed by atoms with van der Waals surface area (Å²) in [7, 11) is 0. The molecular weight excluding hydrogens is 316 g/mol. The first kappa shape index (κ1) is 12.9. The lowest BCUT2D eigenvalue weighted by atomic mass is 10.2. The summed E-state index contributed by atoms with van der Waals surface area (Å²) in [6.07, 6.45) is 1.92. The summed E-state index contributed by atoms with van der Waals surface area (Å²) in [4.78, 5) is 1.13. The Bertz CT molecular complexity index is 477. The molecule has 0 saturated heterocycles. The highest BCUT2D eigenvalue weighted by atomic mass is 79.9. The fourth-order valence-electron chi connectivity index (χ4n) is 1.32. The standard InChI is InChI=1S/C13H11BrOS2/c14-12-5-3-11(4-6-12)10-17(15)9-7-13-2-1-8-16-13/h1-9H,10H2/b9-7+. The summed E-state index contributed by atoms with van der Waals surface area (Å²) in [6, 6.07) is 11.9. The molecule has 0 bridgehead atoms. The molecule has 1 atom stereocenters. The number of hydrogen-bond acceptors (Lipinski definition) is 2. The Morgan fingerprint density at radius 3 is 2.65 bits per heavy atom. The van der Waals surface area contributed by atoms with Gasteiger partial charge >= 0.3 is 0 Å². The molecule has 1 nitrogen and oxygen atoms in total. The molecule has 1 heterocycles. The van der Waals surface area contributed by atoms with Crippen molar-refractivity contribution in [3.8, 4) is 0 Å². The van der Waals surface area contributed by atoms with Gasteiger partial charge in [-0.1, -0.05) is 34.1 Å². The SMILES string of the molecule is [O-][S+](/C=C/c1cccs1)Cc1ccc(Br)cc1. The van der Waals surface area contributed by atoms with Crippen LogP contribution in [0, 0.1) is 0 Å². The van der Waals surface area contributed by atoms with Crippen LogP contribution in [0.2, 0.25) is 0 Å². The van der Waals surface area contributed by atoms with Gasteiger partial charge in [-0.05, 0) is 34.8 Å². The summed E-state index contributed by atoms with van der Waals surface area (Å²) in [6.45, 7) is 0. The summed E-state index contributed by atoms with van der Waals surface area (Å²) < 4.78 is 12.9. The molecule has 0 aliphatic heterocycles. The van der Waals surface area contributed by atoms with Gasteiger partial charge in [-0.25, -0.2) is 0 Å². The third kappa shape index (κ3) is 4.32. The average molecular weight is 327 g/mol. The van der Waals surface area contributed by atoms with Crippen LogP contribution >= 0.6 is 27.3 Å². The normalized spacial score (nSPS) is 13.1. The van der Waals surface area contributed by atoms with Crippen molar-refractivity contribution in [2.24, 2.45) is 0 Å². The Morgan fingerprint density at radius 1 is 1.24 bits per heavy atom. The van der Waals surface area contributed by atoms with Crippen molar-refractivity contribution in [1.82, 2.24) is 0 Å². The molecule has 0 saturated carbocycles. The Kier molecular flexibility index (Phi) is 4.86. The van der Waals surface area contributed by atoms with Crippen molar-refractivity contribution in [1.29, 1.82) is 0 Å². The Hall–Kier alpha value is -0.550. The van der Waals surface area contributed by atoms with E-state index < -0.39 is 11.2 Å². The van der Waals surface area contributed by atoms with Gasteiger partial charge in [-0.2, -0.15) is 0 Å². The second-order valence-electron chi connectivity index (χ2n) is 3.47. The van der Waals surface area contributed by atoms with E-state index in [1.807, 2.05) is 47.9 Å². The lowest BCUT2D eigenvalue weighted by Gasteiger charge is -2.05. The smallest absolute Gasteiger partial charge is 0.135 e. The van der Waals surface area contributed by atoms with E-state index in [4.69, 9.17) is 0 Å². The predicted molar refractivity (Wildman–Crippen MR) is 79.3 cm³/mol. The number of rotatable bonds is 4. The van der Waals surface area contributed by atoms with Crippen LogP contribution in [0.4, 0.5) is 0 Å². The second-order valence-corrected chi connectivity index (χ2v) is 6.69. The minimum absolute atomic E-state index is 0.565. The van der Waals surface area contributed by atoms with Crippen LogP contribution in [0.5, 0.6) is 0 Å². The summed E-state index contributed by atoms with van der Waals surface area (Å²) in [5.41, 5.74) is 1.09. The first-order valence-electron chi connectivity index (χ1n) is 5.07. The van der Waals surface area contributed by atoms with Gasteiger partial charge in [0.1, 0.15) is 11.2 Å². The Morgan fingerprint density at radius 2 is 2.00 bits per heavy atom. The van der Waals surface area contributed by atoms with E-state index in [0.717, 1.165) is 14.9 Å². The molecule has 88 valence electrons. The second kappa shape index (κ2) is 6.40. The molecule has 2 aromatic rings. The Labute approximate surface area is 116 Å². The molecule has 2 rings (SSSR count). The fourth-order valence-corrected chi connectivity index (χ4v) is 3.21. The summed E-state index contributed by atoms with van der Waals surface area (Å²) >= 11 is 4.07. The van der Waals surface area contributed by atoms with E-state index in [9.17, 15) is 4.55 Å². The number of halogens is 1. The first-order chi connectivity index (χ1) is 8.24. The number of hydrogen-bond donors (Lipinski definition) is 0. The maximum atomic E-state index is 11.8. The molecule has 0 aliphatic rings. The van der Waals surface area contributed by atoms with E-state index in [0.29, 0.717) is 5.75 Å². The molecule has 1 unspecified atom stereocenters. The van der Waals surface area contributed by atoms with E-state index in [1.165, 1.54) is 0 Å². The van der Waals surface area contributed by atoms with Crippen molar-refractivity contribution < 1.29 is 4.55 Å². The van der Waals surface area contributed by atoms with Crippen LogP contribution in [0.3, 0.4) is 0 Å². The molecule has 0 aliphatic carbocycles. The van der Waals surface area contributed by atoms with Crippen LogP contribution in [-0.4, -0.2) is 4.55 Å². The molecule has 0 radical (unpaired) electrons. The molecule has 0 amide bonds. The maximum absolute atomic E-state index is 11.8. The van der Waals surface area contributed by atoms with Crippen molar-refractivity contribution in [2.75, 3.05) is 0 Å². The monoisotopic (exact) mass is 326 g/mol. The lowest BCUT2D eigenvalue weighted by molar-refractivity contribution is 0.603. The topological polar surface area (TPSA) is 23.1 Å². The number of benzene rings is 1. The number of thiophene rings is 1. The molecule has 1 aromatic carbocycles. The highest BCUT2D eigenvalue weighted by molar-refractivity contribution is 9.10. The van der Waals surface area contributed by atoms with Gasteiger partial charge in [0.2, 0.25) is 0 Å².